The van der Waals surface area contributed by atoms with E-state index >= 15 is 0 Å². The third-order valence-electron chi connectivity index (χ3n) is 2.51. The summed E-state index contributed by atoms with van der Waals surface area (Å²) in [6, 6.07) is 0. The van der Waals surface area contributed by atoms with Crippen molar-refractivity contribution in [2.75, 3.05) is 5.75 Å². The van der Waals surface area contributed by atoms with Crippen LogP contribution in [0.15, 0.2) is 0 Å². The molecule has 1 heterocycles. The highest BCUT2D eigenvalue weighted by atomic mass is 32.2. The number of hydrogen-bond donors (Lipinski definition) is 1. The van der Waals surface area contributed by atoms with Gasteiger partial charge in [-0.15, -0.1) is 0 Å². The molecule has 2 unspecified atom stereocenters. The van der Waals surface area contributed by atoms with E-state index in [1.807, 2.05) is 0 Å². The molecule has 2 atom stereocenters. The molecule has 1 rings (SSSR count). The molecule has 76 valence electrons. The predicted molar refractivity (Wildman–Crippen MR) is 48.2 cm³/mol. The van der Waals surface area contributed by atoms with Crippen molar-refractivity contribution in [1.82, 2.24) is 0 Å². The summed E-state index contributed by atoms with van der Waals surface area (Å²) in [5.41, 5.74) is 0. The number of aliphatic carboxylic acids is 1. The molecule has 1 saturated heterocycles. The largest absolute Gasteiger partial charge is 0.481 e. The van der Waals surface area contributed by atoms with Gasteiger partial charge in [-0.25, -0.2) is 8.42 Å². The standard InChI is InChI=1S/C8H14O4S/c1-6-4-7(2-3-8(9)10)5-13(6,11)12/h6-7H,2-5H2,1H3,(H,9,10). The van der Waals surface area contributed by atoms with Crippen LogP contribution in [0.1, 0.15) is 26.2 Å². The molecule has 0 bridgehead atoms. The summed E-state index contributed by atoms with van der Waals surface area (Å²) in [5.74, 6) is -0.630. The molecule has 0 aromatic carbocycles. The van der Waals surface area contributed by atoms with Crippen molar-refractivity contribution in [3.05, 3.63) is 0 Å². The number of rotatable bonds is 3. The summed E-state index contributed by atoms with van der Waals surface area (Å²) in [7, 11) is -2.91. The second-order valence-electron chi connectivity index (χ2n) is 3.67. The first-order valence-electron chi connectivity index (χ1n) is 4.35. The van der Waals surface area contributed by atoms with Gasteiger partial charge in [0.25, 0.3) is 0 Å². The van der Waals surface area contributed by atoms with Crippen molar-refractivity contribution < 1.29 is 18.3 Å². The van der Waals surface area contributed by atoms with Crippen molar-refractivity contribution >= 4 is 15.8 Å². The lowest BCUT2D eigenvalue weighted by Crippen LogP contribution is -2.11. The van der Waals surface area contributed by atoms with E-state index < -0.39 is 15.8 Å². The fourth-order valence-electron chi connectivity index (χ4n) is 1.71. The van der Waals surface area contributed by atoms with Crippen LogP contribution in [0.3, 0.4) is 0 Å². The molecule has 1 aliphatic rings. The Kier molecular flexibility index (Phi) is 2.95. The summed E-state index contributed by atoms with van der Waals surface area (Å²) in [4.78, 5) is 10.2. The lowest BCUT2D eigenvalue weighted by molar-refractivity contribution is -0.137. The van der Waals surface area contributed by atoms with Gasteiger partial charge in [-0.3, -0.25) is 4.79 Å². The van der Waals surface area contributed by atoms with E-state index in [1.165, 1.54) is 0 Å². The van der Waals surface area contributed by atoms with E-state index in [4.69, 9.17) is 5.11 Å². The van der Waals surface area contributed by atoms with E-state index in [2.05, 4.69) is 0 Å². The topological polar surface area (TPSA) is 71.4 Å². The average Bonchev–Trinajstić information content (AvgIpc) is 2.22. The van der Waals surface area contributed by atoms with Gasteiger partial charge in [0.05, 0.1) is 11.0 Å². The number of carboxylic acids is 1. The Balaban J connectivity index is 2.46. The monoisotopic (exact) mass is 206 g/mol. The summed E-state index contributed by atoms with van der Waals surface area (Å²) in [6.07, 6.45) is 1.18. The molecule has 1 aliphatic heterocycles. The average molecular weight is 206 g/mol. The molecule has 0 aromatic rings. The van der Waals surface area contributed by atoms with E-state index in [9.17, 15) is 13.2 Å². The number of carboxylic acid groups (broad SMARTS) is 1. The first kappa shape index (κ1) is 10.5. The molecule has 0 aromatic heterocycles. The third kappa shape index (κ3) is 2.69. The molecule has 1 N–H and O–H groups in total. The number of carbonyl (C=O) groups is 1. The zero-order valence-electron chi connectivity index (χ0n) is 7.56. The fourth-order valence-corrected chi connectivity index (χ4v) is 3.56. The maximum atomic E-state index is 11.3. The van der Waals surface area contributed by atoms with Crippen molar-refractivity contribution in [1.29, 1.82) is 0 Å². The zero-order valence-corrected chi connectivity index (χ0v) is 8.38. The molecule has 1 fully saturated rings. The molecule has 13 heavy (non-hydrogen) atoms. The Morgan fingerprint density at radius 3 is 2.54 bits per heavy atom. The first-order chi connectivity index (χ1) is 5.92. The molecule has 4 nitrogen and oxygen atoms in total. The summed E-state index contributed by atoms with van der Waals surface area (Å²) in [5, 5.41) is 8.13. The highest BCUT2D eigenvalue weighted by Crippen LogP contribution is 2.28. The minimum Gasteiger partial charge on any atom is -0.481 e. The quantitative estimate of drug-likeness (QED) is 0.736. The summed E-state index contributed by atoms with van der Waals surface area (Å²) >= 11 is 0. The highest BCUT2D eigenvalue weighted by molar-refractivity contribution is 7.92. The Hall–Kier alpha value is -0.580. The van der Waals surface area contributed by atoms with Crippen molar-refractivity contribution in [2.45, 2.75) is 31.4 Å². The van der Waals surface area contributed by atoms with Crippen LogP contribution in [0.2, 0.25) is 0 Å². The Labute approximate surface area is 77.9 Å². The Morgan fingerprint density at radius 1 is 1.54 bits per heavy atom. The van der Waals surface area contributed by atoms with Crippen LogP contribution in [-0.2, 0) is 14.6 Å². The van der Waals surface area contributed by atoms with Crippen molar-refractivity contribution in [2.24, 2.45) is 5.92 Å². The lowest BCUT2D eigenvalue weighted by Gasteiger charge is -2.03. The van der Waals surface area contributed by atoms with Crippen LogP contribution in [-0.4, -0.2) is 30.5 Å². The highest BCUT2D eigenvalue weighted by Gasteiger charge is 2.34. The smallest absolute Gasteiger partial charge is 0.303 e. The molecule has 0 radical (unpaired) electrons. The van der Waals surface area contributed by atoms with Gasteiger partial charge in [0.2, 0.25) is 0 Å². The molecule has 5 heteroatoms. The van der Waals surface area contributed by atoms with E-state index in [0.717, 1.165) is 0 Å². The zero-order chi connectivity index (χ0) is 10.1. The van der Waals surface area contributed by atoms with E-state index in [0.29, 0.717) is 12.8 Å². The van der Waals surface area contributed by atoms with Gasteiger partial charge in [0.15, 0.2) is 9.84 Å². The van der Waals surface area contributed by atoms with Gasteiger partial charge in [-0.2, -0.15) is 0 Å². The van der Waals surface area contributed by atoms with E-state index in [-0.39, 0.29) is 23.3 Å². The Morgan fingerprint density at radius 2 is 2.15 bits per heavy atom. The molecule has 0 amide bonds. The van der Waals surface area contributed by atoms with Crippen molar-refractivity contribution in [3.8, 4) is 0 Å². The minimum absolute atomic E-state index is 0.0519. The van der Waals surface area contributed by atoms with Gasteiger partial charge in [0.1, 0.15) is 0 Å². The van der Waals surface area contributed by atoms with Crippen LogP contribution in [0.25, 0.3) is 0 Å². The van der Waals surface area contributed by atoms with Gasteiger partial charge in [-0.05, 0) is 25.7 Å². The van der Waals surface area contributed by atoms with Crippen LogP contribution in [0.5, 0.6) is 0 Å². The van der Waals surface area contributed by atoms with Crippen LogP contribution >= 0.6 is 0 Å². The maximum absolute atomic E-state index is 11.3. The molecular weight excluding hydrogens is 192 g/mol. The number of sulfone groups is 1. The van der Waals surface area contributed by atoms with Gasteiger partial charge in [0, 0.05) is 6.42 Å². The van der Waals surface area contributed by atoms with Crippen molar-refractivity contribution in [3.63, 3.8) is 0 Å². The van der Waals surface area contributed by atoms with Gasteiger partial charge < -0.3 is 5.11 Å². The van der Waals surface area contributed by atoms with E-state index in [1.54, 1.807) is 6.92 Å². The minimum atomic E-state index is -2.91. The SMILES string of the molecule is CC1CC(CCC(=O)O)CS1(=O)=O. The third-order valence-corrected chi connectivity index (χ3v) is 4.87. The second-order valence-corrected chi connectivity index (χ2v) is 6.14. The lowest BCUT2D eigenvalue weighted by atomic mass is 10.0. The van der Waals surface area contributed by atoms with Gasteiger partial charge in [-0.1, -0.05) is 0 Å². The molecule has 0 spiro atoms. The Bertz CT molecular complexity index is 293. The van der Waals surface area contributed by atoms with Gasteiger partial charge >= 0.3 is 5.97 Å². The molecular formula is C8H14O4S. The second kappa shape index (κ2) is 3.65. The first-order valence-corrected chi connectivity index (χ1v) is 6.06. The summed E-state index contributed by atoms with van der Waals surface area (Å²) in [6.45, 7) is 1.69. The molecule has 0 saturated carbocycles. The number of hydrogen-bond acceptors (Lipinski definition) is 3. The maximum Gasteiger partial charge on any atom is 0.303 e. The fraction of sp³-hybridized carbons (Fsp3) is 0.875. The molecule has 0 aliphatic carbocycles. The normalized spacial score (nSPS) is 31.8. The predicted octanol–water partition coefficient (Wildman–Crippen LogP) is 0.674. The summed E-state index contributed by atoms with van der Waals surface area (Å²) < 4.78 is 22.5. The van der Waals surface area contributed by atoms with Crippen LogP contribution < -0.4 is 0 Å². The van der Waals surface area contributed by atoms with Crippen LogP contribution in [0.4, 0.5) is 0 Å². The van der Waals surface area contributed by atoms with Crippen LogP contribution in [0, 0.1) is 5.92 Å².